The van der Waals surface area contributed by atoms with Crippen molar-refractivity contribution < 1.29 is 18.8 Å². The Hall–Kier alpha value is -2.44. The van der Waals surface area contributed by atoms with Gasteiger partial charge in [-0.05, 0) is 31.0 Å². The molecule has 0 saturated carbocycles. The molecule has 2 aliphatic heterocycles. The maximum Gasteiger partial charge on any atom is 0.328 e. The Labute approximate surface area is 133 Å². The molecule has 2 saturated heterocycles. The molecule has 2 fully saturated rings. The van der Waals surface area contributed by atoms with Crippen LogP contribution in [-0.4, -0.2) is 37.9 Å². The molecule has 2 heterocycles. The zero-order chi connectivity index (χ0) is 16.4. The molecule has 0 radical (unpaired) electrons. The zero-order valence-electron chi connectivity index (χ0n) is 12.6. The molecule has 23 heavy (non-hydrogen) atoms. The fourth-order valence-electron chi connectivity index (χ4n) is 3.01. The summed E-state index contributed by atoms with van der Waals surface area (Å²) in [5.74, 6) is -0.665. The Morgan fingerprint density at radius 1 is 1.17 bits per heavy atom. The van der Waals surface area contributed by atoms with Gasteiger partial charge in [-0.1, -0.05) is 0 Å². The van der Waals surface area contributed by atoms with Crippen molar-refractivity contribution in [1.82, 2.24) is 5.32 Å². The minimum Gasteiger partial charge on any atom is -0.369 e. The van der Waals surface area contributed by atoms with E-state index in [4.69, 9.17) is 0 Å². The number of carbonyl (C=O) groups excluding carboxylic acids is 3. The summed E-state index contributed by atoms with van der Waals surface area (Å²) in [4.78, 5) is 37.0. The number of halogens is 1. The molecule has 0 aliphatic carbocycles. The van der Waals surface area contributed by atoms with Gasteiger partial charge in [-0.2, -0.15) is 0 Å². The van der Waals surface area contributed by atoms with Crippen molar-refractivity contribution in [2.24, 2.45) is 5.92 Å². The first-order chi connectivity index (χ1) is 11.1. The number of benzene rings is 1. The van der Waals surface area contributed by atoms with Crippen LogP contribution in [0.5, 0.6) is 0 Å². The third-order valence-corrected chi connectivity index (χ3v) is 4.37. The van der Waals surface area contributed by atoms with Crippen LogP contribution < -0.4 is 15.1 Å². The summed E-state index contributed by atoms with van der Waals surface area (Å²) in [5.41, 5.74) is 0.908. The normalized spacial score (nSPS) is 19.7. The van der Waals surface area contributed by atoms with Gasteiger partial charge in [-0.25, -0.2) is 9.18 Å². The molecule has 0 atom stereocenters. The zero-order valence-corrected chi connectivity index (χ0v) is 12.6. The van der Waals surface area contributed by atoms with Crippen LogP contribution in [-0.2, 0) is 9.59 Å². The summed E-state index contributed by atoms with van der Waals surface area (Å²) in [6.45, 7) is 1.52. The Morgan fingerprint density at radius 2 is 1.91 bits per heavy atom. The lowest BCUT2D eigenvalue weighted by atomic mass is 9.98. The highest BCUT2D eigenvalue weighted by Gasteiger charge is 2.26. The highest BCUT2D eigenvalue weighted by Crippen LogP contribution is 2.29. The van der Waals surface area contributed by atoms with Crippen LogP contribution in [0.25, 0.3) is 0 Å². The molecule has 6 nitrogen and oxygen atoms in total. The molecule has 2 aliphatic rings. The number of amides is 3. The van der Waals surface area contributed by atoms with Gasteiger partial charge in [0, 0.05) is 37.7 Å². The summed E-state index contributed by atoms with van der Waals surface area (Å²) in [6, 6.07) is 4.12. The van der Waals surface area contributed by atoms with E-state index in [2.05, 4.69) is 5.32 Å². The van der Waals surface area contributed by atoms with Crippen molar-refractivity contribution in [1.29, 1.82) is 0 Å². The predicted octanol–water partition coefficient (Wildman–Crippen LogP) is 1.69. The van der Waals surface area contributed by atoms with Gasteiger partial charge in [0.15, 0.2) is 0 Å². The number of nitrogens with zero attached hydrogens (tertiary/aromatic N) is 2. The Balaban J connectivity index is 1.75. The van der Waals surface area contributed by atoms with E-state index >= 15 is 0 Å². The minimum atomic E-state index is -0.528. The van der Waals surface area contributed by atoms with Gasteiger partial charge in [0.1, 0.15) is 12.1 Å². The summed E-state index contributed by atoms with van der Waals surface area (Å²) < 4.78 is 14.4. The highest BCUT2D eigenvalue weighted by atomic mass is 19.1. The van der Waals surface area contributed by atoms with Gasteiger partial charge < -0.3 is 9.69 Å². The molecule has 1 N–H and O–H groups in total. The summed E-state index contributed by atoms with van der Waals surface area (Å²) >= 11 is 0. The van der Waals surface area contributed by atoms with Crippen LogP contribution in [0.1, 0.15) is 19.3 Å². The fraction of sp³-hybridized carbons (Fsp3) is 0.438. The molecule has 0 spiro atoms. The van der Waals surface area contributed by atoms with Gasteiger partial charge in [-0.15, -0.1) is 0 Å². The first-order valence-electron chi connectivity index (χ1n) is 7.69. The molecule has 7 heteroatoms. The van der Waals surface area contributed by atoms with E-state index in [9.17, 15) is 18.8 Å². The Bertz CT molecular complexity index is 641. The number of aldehydes is 1. The number of nitrogens with one attached hydrogen (secondary N) is 1. The second kappa shape index (κ2) is 6.36. The quantitative estimate of drug-likeness (QED) is 0.861. The molecule has 122 valence electrons. The van der Waals surface area contributed by atoms with E-state index in [1.54, 1.807) is 12.1 Å². The van der Waals surface area contributed by atoms with E-state index in [0.717, 1.165) is 19.1 Å². The van der Waals surface area contributed by atoms with Gasteiger partial charge in [0.05, 0.1) is 5.69 Å². The van der Waals surface area contributed by atoms with Crippen LogP contribution in [0.2, 0.25) is 0 Å². The van der Waals surface area contributed by atoms with Crippen LogP contribution in [0.4, 0.5) is 20.6 Å². The summed E-state index contributed by atoms with van der Waals surface area (Å²) in [7, 11) is 0. The third kappa shape index (κ3) is 3.18. The van der Waals surface area contributed by atoms with Crippen LogP contribution in [0.15, 0.2) is 18.2 Å². The largest absolute Gasteiger partial charge is 0.369 e. The number of hydrogen-bond acceptors (Lipinski definition) is 4. The molecule has 1 aromatic carbocycles. The number of piperidine rings is 1. The van der Waals surface area contributed by atoms with E-state index in [-0.39, 0.29) is 24.8 Å². The third-order valence-electron chi connectivity index (χ3n) is 4.37. The minimum absolute atomic E-state index is 0.0585. The number of rotatable bonds is 3. The van der Waals surface area contributed by atoms with Crippen molar-refractivity contribution >= 4 is 29.6 Å². The average Bonchev–Trinajstić information content (AvgIpc) is 2.55. The number of carbonyl (C=O) groups is 3. The van der Waals surface area contributed by atoms with Crippen molar-refractivity contribution in [2.75, 3.05) is 29.4 Å². The number of hydrogen-bond donors (Lipinski definition) is 1. The van der Waals surface area contributed by atoms with Crippen molar-refractivity contribution in [3.05, 3.63) is 24.0 Å². The van der Waals surface area contributed by atoms with Gasteiger partial charge in [0.2, 0.25) is 5.91 Å². The smallest absolute Gasteiger partial charge is 0.328 e. The highest BCUT2D eigenvalue weighted by molar-refractivity contribution is 6.05. The molecule has 0 aromatic heterocycles. The molecule has 3 rings (SSSR count). The lowest BCUT2D eigenvalue weighted by molar-refractivity contribution is -0.120. The standard InChI is InChI=1S/C16H18FN3O3/c17-13-9-12(20-8-5-15(22)18-16(20)23)1-2-14(13)19-6-3-11(10-21)4-7-19/h1-2,9-11H,3-8H2,(H,18,22,23). The number of imide groups is 1. The second-order valence-electron chi connectivity index (χ2n) is 5.85. The van der Waals surface area contributed by atoms with Crippen molar-refractivity contribution in [2.45, 2.75) is 19.3 Å². The predicted molar refractivity (Wildman–Crippen MR) is 82.9 cm³/mol. The van der Waals surface area contributed by atoms with E-state index in [0.29, 0.717) is 24.5 Å². The lowest BCUT2D eigenvalue weighted by Crippen LogP contribution is -2.49. The molecule has 1 aromatic rings. The van der Waals surface area contributed by atoms with Crippen molar-refractivity contribution in [3.63, 3.8) is 0 Å². The van der Waals surface area contributed by atoms with Crippen LogP contribution >= 0.6 is 0 Å². The van der Waals surface area contributed by atoms with E-state index in [1.165, 1.54) is 11.0 Å². The van der Waals surface area contributed by atoms with Gasteiger partial charge >= 0.3 is 6.03 Å². The maximum absolute atomic E-state index is 14.4. The van der Waals surface area contributed by atoms with Gasteiger partial charge in [0.25, 0.3) is 0 Å². The fourth-order valence-corrected chi connectivity index (χ4v) is 3.01. The SMILES string of the molecule is O=CC1CCN(c2ccc(N3CCC(=O)NC3=O)cc2F)CC1. The number of urea groups is 1. The molecular formula is C16H18FN3O3. The number of anilines is 2. The topological polar surface area (TPSA) is 69.7 Å². The first kappa shape index (κ1) is 15.5. The first-order valence-corrected chi connectivity index (χ1v) is 7.69. The maximum atomic E-state index is 14.4. The Kier molecular flexibility index (Phi) is 4.27. The molecular weight excluding hydrogens is 301 g/mol. The average molecular weight is 319 g/mol. The monoisotopic (exact) mass is 319 g/mol. The molecule has 0 bridgehead atoms. The lowest BCUT2D eigenvalue weighted by Gasteiger charge is -2.32. The van der Waals surface area contributed by atoms with Crippen molar-refractivity contribution in [3.8, 4) is 0 Å². The Morgan fingerprint density at radius 3 is 2.52 bits per heavy atom. The second-order valence-corrected chi connectivity index (χ2v) is 5.85. The van der Waals surface area contributed by atoms with E-state index < -0.39 is 11.8 Å². The van der Waals surface area contributed by atoms with Crippen LogP contribution in [0, 0.1) is 11.7 Å². The molecule has 0 unspecified atom stereocenters. The van der Waals surface area contributed by atoms with Crippen LogP contribution in [0.3, 0.4) is 0 Å². The molecule has 3 amide bonds. The summed E-state index contributed by atoms with van der Waals surface area (Å²) in [5, 5.41) is 2.22. The van der Waals surface area contributed by atoms with Gasteiger partial charge in [-0.3, -0.25) is 15.0 Å². The van der Waals surface area contributed by atoms with E-state index in [1.807, 2.05) is 4.90 Å². The summed E-state index contributed by atoms with van der Waals surface area (Å²) in [6.07, 6.45) is 2.62.